The molecule has 2 saturated heterocycles. The van der Waals surface area contributed by atoms with Gasteiger partial charge in [-0.1, -0.05) is 12.1 Å². The van der Waals surface area contributed by atoms with Gasteiger partial charge in [0, 0.05) is 45.3 Å². The van der Waals surface area contributed by atoms with Gasteiger partial charge in [0.1, 0.15) is 5.75 Å². The SMILES string of the molecule is O=C(Cc1ccc(OC(F)F)cc1)N1CCC(N2CCNCC2)C1. The fourth-order valence-electron chi connectivity index (χ4n) is 3.39. The van der Waals surface area contributed by atoms with Gasteiger partial charge in [-0.2, -0.15) is 8.78 Å². The number of piperazine rings is 1. The molecule has 2 fully saturated rings. The number of halogens is 2. The molecule has 3 rings (SSSR count). The molecule has 1 aromatic carbocycles. The molecular weight excluding hydrogens is 316 g/mol. The number of hydrogen-bond acceptors (Lipinski definition) is 4. The van der Waals surface area contributed by atoms with Crippen molar-refractivity contribution in [3.8, 4) is 5.75 Å². The van der Waals surface area contributed by atoms with Crippen molar-refractivity contribution in [1.29, 1.82) is 0 Å². The number of ether oxygens (including phenoxy) is 1. The Morgan fingerprint density at radius 1 is 1.21 bits per heavy atom. The first kappa shape index (κ1) is 17.1. The number of hydrogen-bond donors (Lipinski definition) is 1. The van der Waals surface area contributed by atoms with Crippen LogP contribution in [0.5, 0.6) is 5.75 Å². The van der Waals surface area contributed by atoms with Crippen LogP contribution in [0.4, 0.5) is 8.78 Å². The Hall–Kier alpha value is -1.73. The van der Waals surface area contributed by atoms with Crippen LogP contribution >= 0.6 is 0 Å². The summed E-state index contributed by atoms with van der Waals surface area (Å²) in [4.78, 5) is 16.8. The van der Waals surface area contributed by atoms with E-state index >= 15 is 0 Å². The van der Waals surface area contributed by atoms with Crippen LogP contribution in [0.15, 0.2) is 24.3 Å². The van der Waals surface area contributed by atoms with E-state index in [4.69, 9.17) is 0 Å². The number of carbonyl (C=O) groups excluding carboxylic acids is 1. The first-order valence-corrected chi connectivity index (χ1v) is 8.38. The highest BCUT2D eigenvalue weighted by Crippen LogP contribution is 2.19. The van der Waals surface area contributed by atoms with Gasteiger partial charge in [-0.3, -0.25) is 9.69 Å². The Bertz CT molecular complexity index is 547. The van der Waals surface area contributed by atoms with Gasteiger partial charge in [-0.25, -0.2) is 0 Å². The summed E-state index contributed by atoms with van der Waals surface area (Å²) in [6.07, 6.45) is 1.32. The van der Waals surface area contributed by atoms with E-state index < -0.39 is 6.61 Å². The maximum Gasteiger partial charge on any atom is 0.387 e. The zero-order valence-corrected chi connectivity index (χ0v) is 13.6. The van der Waals surface area contributed by atoms with Crippen LogP contribution in [-0.4, -0.2) is 67.6 Å². The third-order valence-corrected chi connectivity index (χ3v) is 4.69. The minimum atomic E-state index is -2.83. The van der Waals surface area contributed by atoms with Crippen molar-refractivity contribution in [2.24, 2.45) is 0 Å². The average molecular weight is 339 g/mol. The first-order valence-electron chi connectivity index (χ1n) is 8.38. The van der Waals surface area contributed by atoms with E-state index in [0.717, 1.165) is 51.3 Å². The Morgan fingerprint density at radius 2 is 1.92 bits per heavy atom. The monoisotopic (exact) mass is 339 g/mol. The lowest BCUT2D eigenvalue weighted by molar-refractivity contribution is -0.129. The minimum Gasteiger partial charge on any atom is -0.435 e. The zero-order valence-electron chi connectivity index (χ0n) is 13.6. The standard InChI is InChI=1S/C17H23F2N3O2/c18-17(19)24-15-3-1-13(2-4-15)11-16(23)22-8-5-14(12-22)21-9-6-20-7-10-21/h1-4,14,17,20H,5-12H2. The number of amides is 1. The second kappa shape index (κ2) is 7.90. The van der Waals surface area contributed by atoms with E-state index in [1.165, 1.54) is 12.1 Å². The summed E-state index contributed by atoms with van der Waals surface area (Å²) in [5, 5.41) is 3.34. The molecule has 2 aliphatic heterocycles. The second-order valence-corrected chi connectivity index (χ2v) is 6.27. The van der Waals surface area contributed by atoms with E-state index in [2.05, 4.69) is 15.0 Å². The van der Waals surface area contributed by atoms with Crippen LogP contribution in [0.25, 0.3) is 0 Å². The van der Waals surface area contributed by atoms with Crippen molar-refractivity contribution in [3.05, 3.63) is 29.8 Å². The van der Waals surface area contributed by atoms with Crippen molar-refractivity contribution >= 4 is 5.91 Å². The number of nitrogens with zero attached hydrogens (tertiary/aromatic N) is 2. The maximum atomic E-state index is 12.4. The summed E-state index contributed by atoms with van der Waals surface area (Å²) >= 11 is 0. The number of carbonyl (C=O) groups is 1. The van der Waals surface area contributed by atoms with Crippen LogP contribution in [0, 0.1) is 0 Å². The van der Waals surface area contributed by atoms with Gasteiger partial charge in [0.25, 0.3) is 0 Å². The van der Waals surface area contributed by atoms with Gasteiger partial charge in [0.05, 0.1) is 6.42 Å². The predicted molar refractivity (Wildman–Crippen MR) is 86.2 cm³/mol. The van der Waals surface area contributed by atoms with E-state index in [-0.39, 0.29) is 11.7 Å². The zero-order chi connectivity index (χ0) is 16.9. The first-order chi connectivity index (χ1) is 11.6. The molecule has 0 spiro atoms. The lowest BCUT2D eigenvalue weighted by Crippen LogP contribution is -2.49. The molecule has 2 aliphatic rings. The summed E-state index contributed by atoms with van der Waals surface area (Å²) in [5.74, 6) is 0.205. The second-order valence-electron chi connectivity index (χ2n) is 6.27. The van der Waals surface area contributed by atoms with Crippen LogP contribution < -0.4 is 10.1 Å². The minimum absolute atomic E-state index is 0.0927. The summed E-state index contributed by atoms with van der Waals surface area (Å²) < 4.78 is 28.6. The average Bonchev–Trinajstić information content (AvgIpc) is 3.07. The molecule has 1 atom stereocenters. The predicted octanol–water partition coefficient (Wildman–Crippen LogP) is 1.34. The van der Waals surface area contributed by atoms with E-state index in [1.807, 2.05) is 4.90 Å². The van der Waals surface area contributed by atoms with Gasteiger partial charge >= 0.3 is 6.61 Å². The fraction of sp³-hybridized carbons (Fsp3) is 0.588. The van der Waals surface area contributed by atoms with Crippen LogP contribution in [0.1, 0.15) is 12.0 Å². The van der Waals surface area contributed by atoms with Crippen molar-refractivity contribution < 1.29 is 18.3 Å². The molecule has 5 nitrogen and oxygen atoms in total. The van der Waals surface area contributed by atoms with Crippen LogP contribution in [0.3, 0.4) is 0 Å². The molecule has 1 unspecified atom stereocenters. The Morgan fingerprint density at radius 3 is 2.58 bits per heavy atom. The normalized spacial score (nSPS) is 22.1. The Balaban J connectivity index is 1.50. The van der Waals surface area contributed by atoms with Gasteiger partial charge in [0.2, 0.25) is 5.91 Å². The molecule has 24 heavy (non-hydrogen) atoms. The molecule has 132 valence electrons. The fourth-order valence-corrected chi connectivity index (χ4v) is 3.39. The molecular formula is C17H23F2N3O2. The quantitative estimate of drug-likeness (QED) is 0.879. The highest BCUT2D eigenvalue weighted by atomic mass is 19.3. The number of benzene rings is 1. The molecule has 1 amide bonds. The molecule has 0 aliphatic carbocycles. The van der Waals surface area contributed by atoms with Gasteiger partial charge < -0.3 is 15.0 Å². The topological polar surface area (TPSA) is 44.8 Å². The molecule has 7 heteroatoms. The highest BCUT2D eigenvalue weighted by molar-refractivity contribution is 5.79. The molecule has 0 saturated carbocycles. The molecule has 0 bridgehead atoms. The van der Waals surface area contributed by atoms with Gasteiger partial charge in [0.15, 0.2) is 0 Å². The molecule has 1 aromatic rings. The van der Waals surface area contributed by atoms with Gasteiger partial charge in [-0.15, -0.1) is 0 Å². The van der Waals surface area contributed by atoms with Crippen molar-refractivity contribution in [2.45, 2.75) is 25.5 Å². The third-order valence-electron chi connectivity index (χ3n) is 4.69. The van der Waals surface area contributed by atoms with Crippen molar-refractivity contribution in [1.82, 2.24) is 15.1 Å². The number of alkyl halides is 2. The number of nitrogens with one attached hydrogen (secondary N) is 1. The highest BCUT2D eigenvalue weighted by Gasteiger charge is 2.30. The number of likely N-dealkylation sites (tertiary alicyclic amines) is 1. The summed E-state index contributed by atoms with van der Waals surface area (Å²) in [6.45, 7) is 2.85. The smallest absolute Gasteiger partial charge is 0.387 e. The Labute approximate surface area is 140 Å². The molecule has 1 N–H and O–H groups in total. The van der Waals surface area contributed by atoms with E-state index in [9.17, 15) is 13.6 Å². The lowest BCUT2D eigenvalue weighted by atomic mass is 10.1. The third kappa shape index (κ3) is 4.42. The van der Waals surface area contributed by atoms with E-state index in [0.29, 0.717) is 12.5 Å². The molecule has 2 heterocycles. The van der Waals surface area contributed by atoms with E-state index in [1.54, 1.807) is 12.1 Å². The van der Waals surface area contributed by atoms with Gasteiger partial charge in [-0.05, 0) is 24.1 Å². The lowest BCUT2D eigenvalue weighted by Gasteiger charge is -2.32. The molecule has 0 aromatic heterocycles. The van der Waals surface area contributed by atoms with Crippen LogP contribution in [-0.2, 0) is 11.2 Å². The molecule has 0 radical (unpaired) electrons. The number of rotatable bonds is 5. The van der Waals surface area contributed by atoms with Crippen molar-refractivity contribution in [2.75, 3.05) is 39.3 Å². The van der Waals surface area contributed by atoms with Crippen LogP contribution in [0.2, 0.25) is 0 Å². The summed E-state index contributed by atoms with van der Waals surface area (Å²) in [6, 6.07) is 6.74. The largest absolute Gasteiger partial charge is 0.435 e. The Kier molecular flexibility index (Phi) is 5.63. The summed E-state index contributed by atoms with van der Waals surface area (Å²) in [5.41, 5.74) is 0.812. The van der Waals surface area contributed by atoms with Crippen molar-refractivity contribution in [3.63, 3.8) is 0 Å². The maximum absolute atomic E-state index is 12.4. The summed E-state index contributed by atoms with van der Waals surface area (Å²) in [7, 11) is 0.